The number of H-pyrrole nitrogens is 1. The number of aromatic nitrogens is 2. The van der Waals surface area contributed by atoms with Gasteiger partial charge in [0.1, 0.15) is 11.3 Å². The minimum atomic E-state index is -1.86. The number of imidazole rings is 1. The first-order valence-electron chi connectivity index (χ1n) is 7.04. The van der Waals surface area contributed by atoms with Gasteiger partial charge in [-0.25, -0.2) is 14.0 Å². The number of ether oxygens (including phenoxy) is 1. The van der Waals surface area contributed by atoms with Gasteiger partial charge in [-0.2, -0.15) is 0 Å². The van der Waals surface area contributed by atoms with Crippen LogP contribution in [0.4, 0.5) is 5.69 Å². The summed E-state index contributed by atoms with van der Waals surface area (Å²) in [6.07, 6.45) is 1.51. The topological polar surface area (TPSA) is 107 Å². The van der Waals surface area contributed by atoms with Crippen molar-refractivity contribution in [3.05, 3.63) is 53.9 Å². The average Bonchev–Trinajstić information content (AvgIpc) is 3.03. The second-order valence-corrected chi connectivity index (χ2v) is 6.05. The van der Waals surface area contributed by atoms with Crippen molar-refractivity contribution in [1.29, 1.82) is 0 Å². The smallest absolute Gasteiger partial charge is 0.356 e. The van der Waals surface area contributed by atoms with Gasteiger partial charge < -0.3 is 19.6 Å². The van der Waals surface area contributed by atoms with Crippen LogP contribution in [-0.2, 0) is 21.0 Å². The number of methoxy groups -OCH3 is 1. The summed E-state index contributed by atoms with van der Waals surface area (Å²) in [5.41, 5.74) is 8.43. The van der Waals surface area contributed by atoms with E-state index in [1.165, 1.54) is 13.4 Å². The highest BCUT2D eigenvalue weighted by Crippen LogP contribution is 2.25. The molecule has 1 atom stereocenters. The number of anilines is 1. The number of nitrogens with two attached hydrogens (primary N) is 1. The van der Waals surface area contributed by atoms with E-state index in [9.17, 15) is 9.00 Å². The van der Waals surface area contributed by atoms with E-state index in [0.717, 1.165) is 0 Å². The van der Waals surface area contributed by atoms with Gasteiger partial charge in [-0.3, -0.25) is 0 Å². The lowest BCUT2D eigenvalue weighted by Gasteiger charge is -2.09. The molecule has 24 heavy (non-hydrogen) atoms. The normalized spacial score (nSPS) is 12.0. The van der Waals surface area contributed by atoms with Gasteiger partial charge in [-0.15, -0.1) is 0 Å². The monoisotopic (exact) mass is 345 g/mol. The van der Waals surface area contributed by atoms with Crippen LogP contribution in [0.15, 0.2) is 42.7 Å². The summed E-state index contributed by atoms with van der Waals surface area (Å²) in [5.74, 6) is -0.417. The van der Waals surface area contributed by atoms with E-state index in [-0.39, 0.29) is 11.3 Å². The molecule has 3 aromatic rings. The first kappa shape index (κ1) is 16.0. The summed E-state index contributed by atoms with van der Waals surface area (Å²) in [7, 11) is 1.44. The van der Waals surface area contributed by atoms with Gasteiger partial charge in [0.05, 0.1) is 30.2 Å². The zero-order valence-corrected chi connectivity index (χ0v) is 13.6. The van der Waals surface area contributed by atoms with E-state index in [2.05, 4.69) is 9.97 Å². The van der Waals surface area contributed by atoms with Gasteiger partial charge >= 0.3 is 5.97 Å². The SMILES string of the molecule is COc1cc2nc[nH]c2cc1C(=O)OS(=O)Cc1ccccc1N. The number of nitrogens with one attached hydrogen (secondary N) is 1. The minimum Gasteiger partial charge on any atom is -0.496 e. The van der Waals surface area contributed by atoms with Crippen molar-refractivity contribution in [1.82, 2.24) is 9.97 Å². The van der Waals surface area contributed by atoms with E-state index < -0.39 is 17.0 Å². The molecule has 1 unspecified atom stereocenters. The fourth-order valence-corrected chi connectivity index (χ4v) is 3.08. The molecule has 2 aromatic carbocycles. The molecular formula is C16H15N3O4S. The Hall–Kier alpha value is -2.87. The van der Waals surface area contributed by atoms with Gasteiger partial charge in [-0.1, -0.05) is 18.2 Å². The van der Waals surface area contributed by atoms with E-state index >= 15 is 0 Å². The zero-order chi connectivity index (χ0) is 17.1. The molecule has 8 heteroatoms. The van der Waals surface area contributed by atoms with Crippen LogP contribution in [0.25, 0.3) is 11.0 Å². The number of hydrogen-bond acceptors (Lipinski definition) is 6. The molecule has 7 nitrogen and oxygen atoms in total. The lowest BCUT2D eigenvalue weighted by atomic mass is 10.2. The van der Waals surface area contributed by atoms with Crippen molar-refractivity contribution in [2.45, 2.75) is 5.75 Å². The van der Waals surface area contributed by atoms with Gasteiger partial charge in [0, 0.05) is 11.8 Å². The highest BCUT2D eigenvalue weighted by molar-refractivity contribution is 7.79. The van der Waals surface area contributed by atoms with Crippen LogP contribution >= 0.6 is 0 Å². The maximum Gasteiger partial charge on any atom is 0.356 e. The number of nitrogens with zero attached hydrogens (tertiary/aromatic N) is 1. The van der Waals surface area contributed by atoms with E-state index in [0.29, 0.717) is 28.0 Å². The van der Waals surface area contributed by atoms with Crippen molar-refractivity contribution in [2.75, 3.05) is 12.8 Å². The molecular weight excluding hydrogens is 330 g/mol. The first-order valence-corrected chi connectivity index (χ1v) is 8.28. The summed E-state index contributed by atoms with van der Waals surface area (Å²) in [4.78, 5) is 19.3. The van der Waals surface area contributed by atoms with Crippen molar-refractivity contribution in [3.63, 3.8) is 0 Å². The zero-order valence-electron chi connectivity index (χ0n) is 12.8. The predicted molar refractivity (Wildman–Crippen MR) is 90.8 cm³/mol. The molecule has 0 radical (unpaired) electrons. The molecule has 0 aliphatic rings. The number of hydrogen-bond donors (Lipinski definition) is 2. The number of para-hydroxylation sites is 1. The molecule has 0 saturated carbocycles. The molecule has 0 amide bonds. The molecule has 0 aliphatic carbocycles. The Kier molecular flexibility index (Phi) is 4.48. The highest BCUT2D eigenvalue weighted by atomic mass is 32.2. The molecule has 0 fully saturated rings. The first-order chi connectivity index (χ1) is 11.6. The van der Waals surface area contributed by atoms with E-state index in [4.69, 9.17) is 14.7 Å². The van der Waals surface area contributed by atoms with E-state index in [1.807, 2.05) is 0 Å². The van der Waals surface area contributed by atoms with Gasteiger partial charge in [0.25, 0.3) is 0 Å². The fraction of sp³-hybridized carbons (Fsp3) is 0.125. The van der Waals surface area contributed by atoms with Gasteiger partial charge in [0.2, 0.25) is 11.1 Å². The predicted octanol–water partition coefficient (Wildman–Crippen LogP) is 2.17. The molecule has 0 aliphatic heterocycles. The summed E-state index contributed by atoms with van der Waals surface area (Å²) >= 11 is -1.86. The van der Waals surface area contributed by atoms with Crippen LogP contribution in [0.5, 0.6) is 5.75 Å². The van der Waals surface area contributed by atoms with Gasteiger partial charge in [-0.05, 0) is 17.7 Å². The lowest BCUT2D eigenvalue weighted by molar-refractivity contribution is 0.0754. The number of fused-ring (bicyclic) bond motifs is 1. The Labute approximate surface area is 140 Å². The van der Waals surface area contributed by atoms with Crippen molar-refractivity contribution >= 4 is 33.8 Å². The second-order valence-electron chi connectivity index (χ2n) is 4.99. The summed E-state index contributed by atoms with van der Waals surface area (Å²) in [6, 6.07) is 10.2. The molecule has 124 valence electrons. The van der Waals surface area contributed by atoms with Crippen molar-refractivity contribution in [3.8, 4) is 5.75 Å². The molecule has 1 heterocycles. The fourth-order valence-electron chi connectivity index (χ4n) is 2.24. The van der Waals surface area contributed by atoms with Crippen LogP contribution in [-0.4, -0.2) is 27.3 Å². The number of aromatic amines is 1. The number of carbonyl (C=O) groups excluding carboxylic acids is 1. The Morgan fingerprint density at radius 3 is 2.88 bits per heavy atom. The highest BCUT2D eigenvalue weighted by Gasteiger charge is 2.19. The van der Waals surface area contributed by atoms with Gasteiger partial charge in [0.15, 0.2) is 0 Å². The third kappa shape index (κ3) is 3.23. The third-order valence-corrected chi connectivity index (χ3v) is 4.34. The average molecular weight is 345 g/mol. The number of rotatable bonds is 5. The van der Waals surface area contributed by atoms with Crippen LogP contribution in [0, 0.1) is 0 Å². The summed E-state index contributed by atoms with van der Waals surface area (Å²) in [6.45, 7) is 0. The largest absolute Gasteiger partial charge is 0.496 e. The Morgan fingerprint density at radius 1 is 1.33 bits per heavy atom. The molecule has 3 rings (SSSR count). The Morgan fingerprint density at radius 2 is 2.12 bits per heavy atom. The van der Waals surface area contributed by atoms with Crippen LogP contribution in [0.3, 0.4) is 0 Å². The minimum absolute atomic E-state index is 0.0209. The lowest BCUT2D eigenvalue weighted by Crippen LogP contribution is -2.11. The molecule has 1 aromatic heterocycles. The molecule has 3 N–H and O–H groups in total. The number of carbonyl (C=O) groups is 1. The summed E-state index contributed by atoms with van der Waals surface area (Å²) in [5, 5.41) is 0. The van der Waals surface area contributed by atoms with Crippen molar-refractivity contribution < 1.29 is 17.9 Å². The Balaban J connectivity index is 1.79. The second kappa shape index (κ2) is 6.71. The molecule has 0 spiro atoms. The number of benzene rings is 2. The third-order valence-electron chi connectivity index (χ3n) is 3.46. The van der Waals surface area contributed by atoms with Crippen LogP contribution in [0.2, 0.25) is 0 Å². The standard InChI is InChI=1S/C16H15N3O4S/c1-22-15-7-14-13(18-9-19-14)6-11(15)16(20)23-24(21)8-10-4-2-3-5-12(10)17/h2-7,9H,8,17H2,1H3,(H,18,19). The molecule has 0 bridgehead atoms. The van der Waals surface area contributed by atoms with Crippen LogP contribution < -0.4 is 10.5 Å². The number of nitrogen functional groups attached to an aromatic ring is 1. The van der Waals surface area contributed by atoms with E-state index in [1.54, 1.807) is 36.4 Å². The van der Waals surface area contributed by atoms with Crippen molar-refractivity contribution in [2.24, 2.45) is 0 Å². The van der Waals surface area contributed by atoms with Crippen LogP contribution in [0.1, 0.15) is 15.9 Å². The molecule has 0 saturated heterocycles. The quantitative estimate of drug-likeness (QED) is 0.686. The summed E-state index contributed by atoms with van der Waals surface area (Å²) < 4.78 is 22.3. The maximum atomic E-state index is 12.3. The Bertz CT molecular complexity index is 923. The maximum absolute atomic E-state index is 12.3.